The molecule has 0 atom stereocenters. The standard InChI is InChI=1S/C8H5BrClIO/c1-4(12)7-6(10)3-2-5(9)8(7)11/h2-3H,1H3. The van der Waals surface area contributed by atoms with Gasteiger partial charge in [0, 0.05) is 8.04 Å². The molecule has 1 aromatic carbocycles. The van der Waals surface area contributed by atoms with Crippen LogP contribution in [0.1, 0.15) is 17.3 Å². The summed E-state index contributed by atoms with van der Waals surface area (Å²) in [5, 5.41) is 0.509. The fourth-order valence-electron chi connectivity index (χ4n) is 0.850. The average molecular weight is 359 g/mol. The number of carbonyl (C=O) groups is 1. The molecule has 0 spiro atoms. The van der Waals surface area contributed by atoms with Crippen molar-refractivity contribution in [2.24, 2.45) is 0 Å². The Balaban J connectivity index is 3.43. The van der Waals surface area contributed by atoms with Gasteiger partial charge in [0.2, 0.25) is 0 Å². The second kappa shape index (κ2) is 4.07. The Hall–Kier alpha value is 0.390. The van der Waals surface area contributed by atoms with Crippen LogP contribution in [0.25, 0.3) is 0 Å². The molecule has 12 heavy (non-hydrogen) atoms. The van der Waals surface area contributed by atoms with Gasteiger partial charge in [0.1, 0.15) is 0 Å². The number of hydrogen-bond donors (Lipinski definition) is 0. The maximum Gasteiger partial charge on any atom is 0.162 e. The molecule has 64 valence electrons. The van der Waals surface area contributed by atoms with E-state index in [0.717, 1.165) is 8.04 Å². The van der Waals surface area contributed by atoms with Gasteiger partial charge < -0.3 is 0 Å². The molecule has 0 aliphatic rings. The molecule has 0 saturated heterocycles. The van der Waals surface area contributed by atoms with Crippen molar-refractivity contribution >= 4 is 55.9 Å². The van der Waals surface area contributed by atoms with Gasteiger partial charge in [0.05, 0.1) is 10.6 Å². The maximum absolute atomic E-state index is 11.1. The molecule has 1 aromatic rings. The van der Waals surface area contributed by atoms with Gasteiger partial charge in [0.15, 0.2) is 5.78 Å². The summed E-state index contributed by atoms with van der Waals surface area (Å²) in [6, 6.07) is 3.54. The normalized spacial score (nSPS) is 10.0. The summed E-state index contributed by atoms with van der Waals surface area (Å²) in [4.78, 5) is 11.1. The van der Waals surface area contributed by atoms with E-state index >= 15 is 0 Å². The summed E-state index contributed by atoms with van der Waals surface area (Å²) in [5.74, 6) is -0.00861. The van der Waals surface area contributed by atoms with Gasteiger partial charge in [-0.25, -0.2) is 0 Å². The van der Waals surface area contributed by atoms with E-state index in [1.165, 1.54) is 6.92 Å². The number of hydrogen-bond acceptors (Lipinski definition) is 1. The van der Waals surface area contributed by atoms with Crippen LogP contribution >= 0.6 is 50.1 Å². The quantitative estimate of drug-likeness (QED) is 0.422. The zero-order chi connectivity index (χ0) is 9.30. The van der Waals surface area contributed by atoms with Crippen molar-refractivity contribution in [1.29, 1.82) is 0 Å². The predicted molar refractivity (Wildman–Crippen MR) is 61.9 cm³/mol. The van der Waals surface area contributed by atoms with Gasteiger partial charge >= 0.3 is 0 Å². The number of rotatable bonds is 1. The molecule has 0 unspecified atom stereocenters. The van der Waals surface area contributed by atoms with Crippen LogP contribution < -0.4 is 0 Å². The molecule has 0 saturated carbocycles. The Morgan fingerprint density at radius 2 is 2.17 bits per heavy atom. The van der Waals surface area contributed by atoms with Crippen molar-refractivity contribution in [3.63, 3.8) is 0 Å². The van der Waals surface area contributed by atoms with Crippen LogP contribution in [0.4, 0.5) is 0 Å². The zero-order valence-corrected chi connectivity index (χ0v) is 10.7. The van der Waals surface area contributed by atoms with Gasteiger partial charge in [0.25, 0.3) is 0 Å². The number of ketones is 1. The summed E-state index contributed by atoms with van der Waals surface area (Å²) < 4.78 is 1.77. The van der Waals surface area contributed by atoms with Gasteiger partial charge in [-0.15, -0.1) is 0 Å². The zero-order valence-electron chi connectivity index (χ0n) is 6.20. The minimum Gasteiger partial charge on any atom is -0.294 e. The van der Waals surface area contributed by atoms with E-state index in [-0.39, 0.29) is 5.78 Å². The lowest BCUT2D eigenvalue weighted by Gasteiger charge is -2.04. The molecule has 4 heteroatoms. The monoisotopic (exact) mass is 358 g/mol. The van der Waals surface area contributed by atoms with Gasteiger partial charge in [-0.2, -0.15) is 0 Å². The third-order valence-corrected chi connectivity index (χ3v) is 4.23. The van der Waals surface area contributed by atoms with Gasteiger partial charge in [-0.1, -0.05) is 11.6 Å². The fraction of sp³-hybridized carbons (Fsp3) is 0.125. The molecule has 0 fully saturated rings. The first-order chi connectivity index (χ1) is 5.54. The highest BCUT2D eigenvalue weighted by atomic mass is 127. The molecule has 0 amide bonds. The van der Waals surface area contributed by atoms with Crippen LogP contribution in [0.5, 0.6) is 0 Å². The minimum atomic E-state index is -0.00861. The van der Waals surface area contributed by atoms with Gasteiger partial charge in [-0.3, -0.25) is 4.79 Å². The summed E-state index contributed by atoms with van der Waals surface area (Å²) in [5.41, 5.74) is 0.589. The molecular weight excluding hydrogens is 354 g/mol. The molecular formula is C8H5BrClIO. The van der Waals surface area contributed by atoms with Crippen LogP contribution in [0, 0.1) is 3.57 Å². The summed E-state index contributed by atoms with van der Waals surface area (Å²) in [6.45, 7) is 1.51. The molecule has 0 bridgehead atoms. The van der Waals surface area contributed by atoms with E-state index in [4.69, 9.17) is 11.6 Å². The molecule has 0 radical (unpaired) electrons. The van der Waals surface area contributed by atoms with Crippen molar-refractivity contribution in [2.45, 2.75) is 6.92 Å². The molecule has 0 aliphatic carbocycles. The summed E-state index contributed by atoms with van der Waals surface area (Å²) in [6.07, 6.45) is 0. The number of Topliss-reactive ketones (excluding diaryl/α,β-unsaturated/α-hetero) is 1. The topological polar surface area (TPSA) is 17.1 Å². The van der Waals surface area contributed by atoms with Crippen LogP contribution in [0.15, 0.2) is 16.6 Å². The second-order valence-electron chi connectivity index (χ2n) is 2.27. The Kier molecular flexibility index (Phi) is 3.55. The highest BCUT2D eigenvalue weighted by Gasteiger charge is 2.11. The fourth-order valence-corrected chi connectivity index (χ4v) is 2.48. The maximum atomic E-state index is 11.1. The van der Waals surface area contributed by atoms with Crippen molar-refractivity contribution < 1.29 is 4.79 Å². The molecule has 0 N–H and O–H groups in total. The lowest BCUT2D eigenvalue weighted by atomic mass is 10.1. The molecule has 1 nitrogen and oxygen atoms in total. The Labute approximate surface area is 97.8 Å². The Morgan fingerprint density at radius 1 is 1.58 bits per heavy atom. The van der Waals surface area contributed by atoms with Crippen LogP contribution in [-0.2, 0) is 0 Å². The minimum absolute atomic E-state index is 0.00861. The third kappa shape index (κ3) is 2.00. The summed E-state index contributed by atoms with van der Waals surface area (Å²) >= 11 is 11.3. The second-order valence-corrected chi connectivity index (χ2v) is 4.61. The van der Waals surface area contributed by atoms with E-state index in [2.05, 4.69) is 38.5 Å². The lowest BCUT2D eigenvalue weighted by molar-refractivity contribution is 0.101. The largest absolute Gasteiger partial charge is 0.294 e. The number of halogens is 3. The van der Waals surface area contributed by atoms with Crippen molar-refractivity contribution in [3.8, 4) is 0 Å². The van der Waals surface area contributed by atoms with E-state index in [9.17, 15) is 4.79 Å². The van der Waals surface area contributed by atoms with Gasteiger partial charge in [-0.05, 0) is 57.6 Å². The van der Waals surface area contributed by atoms with Crippen molar-refractivity contribution in [1.82, 2.24) is 0 Å². The van der Waals surface area contributed by atoms with Crippen molar-refractivity contribution in [2.75, 3.05) is 0 Å². The molecule has 1 rings (SSSR count). The first-order valence-corrected chi connectivity index (χ1v) is 5.43. The first-order valence-electron chi connectivity index (χ1n) is 3.18. The molecule has 0 heterocycles. The van der Waals surface area contributed by atoms with E-state index < -0.39 is 0 Å². The Bertz CT molecular complexity index is 338. The summed E-state index contributed by atoms with van der Waals surface area (Å²) in [7, 11) is 0. The van der Waals surface area contributed by atoms with Crippen LogP contribution in [-0.4, -0.2) is 5.78 Å². The first kappa shape index (κ1) is 10.5. The highest BCUT2D eigenvalue weighted by Crippen LogP contribution is 2.28. The number of carbonyl (C=O) groups excluding carboxylic acids is 1. The van der Waals surface area contributed by atoms with Crippen molar-refractivity contribution in [3.05, 3.63) is 30.8 Å². The number of benzene rings is 1. The smallest absolute Gasteiger partial charge is 0.162 e. The lowest BCUT2D eigenvalue weighted by Crippen LogP contribution is -1.97. The average Bonchev–Trinajstić information content (AvgIpc) is 1.97. The Morgan fingerprint density at radius 3 is 2.58 bits per heavy atom. The highest BCUT2D eigenvalue weighted by molar-refractivity contribution is 14.1. The van der Waals surface area contributed by atoms with Crippen LogP contribution in [0.2, 0.25) is 5.02 Å². The molecule has 0 aliphatic heterocycles. The third-order valence-electron chi connectivity index (χ3n) is 1.40. The van der Waals surface area contributed by atoms with Crippen LogP contribution in [0.3, 0.4) is 0 Å². The molecule has 0 aromatic heterocycles. The van der Waals surface area contributed by atoms with E-state index in [1.807, 2.05) is 6.07 Å². The predicted octanol–water partition coefficient (Wildman–Crippen LogP) is 3.91. The van der Waals surface area contributed by atoms with E-state index in [1.54, 1.807) is 6.07 Å². The van der Waals surface area contributed by atoms with E-state index in [0.29, 0.717) is 10.6 Å². The SMILES string of the molecule is CC(=O)c1c(Cl)ccc(Br)c1I.